The summed E-state index contributed by atoms with van der Waals surface area (Å²) in [6.45, 7) is 1.93. The van der Waals surface area contributed by atoms with Crippen LogP contribution in [0.4, 0.5) is 5.69 Å². The van der Waals surface area contributed by atoms with Crippen molar-refractivity contribution in [2.24, 2.45) is 0 Å². The minimum absolute atomic E-state index is 0.540. The third kappa shape index (κ3) is 2.83. The fourth-order valence-electron chi connectivity index (χ4n) is 0.998. The van der Waals surface area contributed by atoms with E-state index in [2.05, 4.69) is 11.8 Å². The van der Waals surface area contributed by atoms with Crippen molar-refractivity contribution in [3.8, 4) is 11.8 Å². The second kappa shape index (κ2) is 5.14. The molecule has 74 valence electrons. The van der Waals surface area contributed by atoms with Crippen molar-refractivity contribution in [3.05, 3.63) is 28.3 Å². The highest BCUT2D eigenvalue weighted by Gasteiger charge is 2.00. The van der Waals surface area contributed by atoms with Gasteiger partial charge in [0.25, 0.3) is 0 Å². The highest BCUT2D eigenvalue weighted by Crippen LogP contribution is 2.21. The lowest BCUT2D eigenvalue weighted by atomic mass is 10.1. The molecule has 0 atom stereocenters. The number of hydrogen-bond donors (Lipinski definition) is 1. The third-order valence-corrected chi connectivity index (χ3v) is 2.30. The molecular formula is C11H11Cl2N. The molecule has 0 radical (unpaired) electrons. The van der Waals surface area contributed by atoms with Gasteiger partial charge in [-0.1, -0.05) is 23.4 Å². The van der Waals surface area contributed by atoms with Gasteiger partial charge in [-0.25, -0.2) is 0 Å². The number of hydrogen-bond acceptors (Lipinski definition) is 1. The normalized spacial score (nSPS) is 9.36. The number of halogens is 2. The summed E-state index contributed by atoms with van der Waals surface area (Å²) in [7, 11) is 0. The molecule has 0 amide bonds. The van der Waals surface area contributed by atoms with E-state index in [4.69, 9.17) is 28.9 Å². The molecule has 1 rings (SSSR count). The zero-order valence-electron chi connectivity index (χ0n) is 7.90. The Labute approximate surface area is 94.2 Å². The van der Waals surface area contributed by atoms with Crippen LogP contribution in [0.2, 0.25) is 5.02 Å². The number of anilines is 1. The smallest absolute Gasteiger partial charge is 0.0583 e. The van der Waals surface area contributed by atoms with Gasteiger partial charge in [0.05, 0.1) is 5.02 Å². The zero-order chi connectivity index (χ0) is 10.6. The second-order valence-corrected chi connectivity index (χ2v) is 3.71. The van der Waals surface area contributed by atoms with Gasteiger partial charge in [-0.15, -0.1) is 11.6 Å². The van der Waals surface area contributed by atoms with Gasteiger partial charge >= 0.3 is 0 Å². The molecule has 2 N–H and O–H groups in total. The Morgan fingerprint density at radius 1 is 1.43 bits per heavy atom. The van der Waals surface area contributed by atoms with Gasteiger partial charge in [-0.3, -0.25) is 0 Å². The predicted octanol–water partition coefficient (Wildman–Crippen LogP) is 3.21. The maximum Gasteiger partial charge on any atom is 0.0583 e. The van der Waals surface area contributed by atoms with Gasteiger partial charge in [0.1, 0.15) is 0 Å². The first-order valence-electron chi connectivity index (χ1n) is 4.25. The van der Waals surface area contributed by atoms with Crippen LogP contribution >= 0.6 is 23.2 Å². The summed E-state index contributed by atoms with van der Waals surface area (Å²) in [4.78, 5) is 0. The lowest BCUT2D eigenvalue weighted by molar-refractivity contribution is 1.29. The van der Waals surface area contributed by atoms with Gasteiger partial charge in [0.15, 0.2) is 0 Å². The fraction of sp³-hybridized carbons (Fsp3) is 0.273. The standard InChI is InChI=1S/C11H11Cl2N/c1-8-6-9(4-2-3-5-12)10(13)7-11(8)14/h6-7H,3,5,14H2,1H3. The molecule has 0 spiro atoms. The summed E-state index contributed by atoms with van der Waals surface area (Å²) in [6.07, 6.45) is 0.668. The molecular weight excluding hydrogens is 217 g/mol. The van der Waals surface area contributed by atoms with Crippen LogP contribution in [0.1, 0.15) is 17.5 Å². The fourth-order valence-corrected chi connectivity index (χ4v) is 1.31. The summed E-state index contributed by atoms with van der Waals surface area (Å²) in [5.41, 5.74) is 8.18. The monoisotopic (exact) mass is 227 g/mol. The lowest BCUT2D eigenvalue weighted by Gasteiger charge is -2.02. The Morgan fingerprint density at radius 2 is 2.14 bits per heavy atom. The van der Waals surface area contributed by atoms with Crippen molar-refractivity contribution in [2.75, 3.05) is 11.6 Å². The van der Waals surface area contributed by atoms with E-state index in [0.29, 0.717) is 23.0 Å². The van der Waals surface area contributed by atoms with Crippen LogP contribution in [-0.4, -0.2) is 5.88 Å². The van der Waals surface area contributed by atoms with Crippen LogP contribution in [0.25, 0.3) is 0 Å². The number of nitrogens with two attached hydrogens (primary N) is 1. The van der Waals surface area contributed by atoms with Crippen LogP contribution in [0.15, 0.2) is 12.1 Å². The predicted molar refractivity (Wildman–Crippen MR) is 62.8 cm³/mol. The molecule has 0 aliphatic carbocycles. The Balaban J connectivity index is 3.00. The molecule has 3 heteroatoms. The Kier molecular flexibility index (Phi) is 4.13. The van der Waals surface area contributed by atoms with E-state index in [0.717, 1.165) is 11.1 Å². The quantitative estimate of drug-likeness (QED) is 0.445. The lowest BCUT2D eigenvalue weighted by Crippen LogP contribution is -1.91. The Bertz CT molecular complexity index is 388. The van der Waals surface area contributed by atoms with Gasteiger partial charge in [-0.05, 0) is 24.6 Å². The number of aryl methyl sites for hydroxylation is 1. The van der Waals surface area contributed by atoms with Crippen LogP contribution in [0.3, 0.4) is 0 Å². The van der Waals surface area contributed by atoms with Crippen LogP contribution in [0.5, 0.6) is 0 Å². The summed E-state index contributed by atoms with van der Waals surface area (Å²) >= 11 is 11.5. The van der Waals surface area contributed by atoms with E-state index in [1.54, 1.807) is 6.07 Å². The first-order chi connectivity index (χ1) is 6.65. The molecule has 0 bridgehead atoms. The van der Waals surface area contributed by atoms with E-state index >= 15 is 0 Å². The van der Waals surface area contributed by atoms with Crippen LogP contribution < -0.4 is 5.73 Å². The molecule has 0 fully saturated rings. The first-order valence-corrected chi connectivity index (χ1v) is 5.17. The molecule has 1 aromatic carbocycles. The highest BCUT2D eigenvalue weighted by molar-refractivity contribution is 6.32. The number of alkyl halides is 1. The van der Waals surface area contributed by atoms with Crippen molar-refractivity contribution >= 4 is 28.9 Å². The minimum atomic E-state index is 0.540. The maximum absolute atomic E-state index is 5.96. The molecule has 0 aliphatic rings. The number of rotatable bonds is 1. The first kappa shape index (κ1) is 11.2. The molecule has 0 aliphatic heterocycles. The average Bonchev–Trinajstić information content (AvgIpc) is 2.14. The second-order valence-electron chi connectivity index (χ2n) is 2.93. The summed E-state index contributed by atoms with van der Waals surface area (Å²) in [5.74, 6) is 6.43. The zero-order valence-corrected chi connectivity index (χ0v) is 9.41. The summed E-state index contributed by atoms with van der Waals surface area (Å²) < 4.78 is 0. The minimum Gasteiger partial charge on any atom is -0.398 e. The molecule has 0 aromatic heterocycles. The van der Waals surface area contributed by atoms with Crippen molar-refractivity contribution in [2.45, 2.75) is 13.3 Å². The van der Waals surface area contributed by atoms with Crippen LogP contribution in [0, 0.1) is 18.8 Å². The van der Waals surface area contributed by atoms with E-state index in [1.165, 1.54) is 0 Å². The molecule has 0 saturated heterocycles. The number of nitrogen functional groups attached to an aromatic ring is 1. The van der Waals surface area contributed by atoms with Gasteiger partial charge < -0.3 is 5.73 Å². The average molecular weight is 228 g/mol. The van der Waals surface area contributed by atoms with Crippen molar-refractivity contribution < 1.29 is 0 Å². The van der Waals surface area contributed by atoms with Crippen molar-refractivity contribution in [3.63, 3.8) is 0 Å². The van der Waals surface area contributed by atoms with Crippen molar-refractivity contribution in [1.29, 1.82) is 0 Å². The molecule has 0 heterocycles. The summed E-state index contributed by atoms with van der Waals surface area (Å²) in [5, 5.41) is 0.593. The molecule has 1 nitrogen and oxygen atoms in total. The van der Waals surface area contributed by atoms with Crippen molar-refractivity contribution in [1.82, 2.24) is 0 Å². The molecule has 0 unspecified atom stereocenters. The van der Waals surface area contributed by atoms with Gasteiger partial charge in [-0.2, -0.15) is 0 Å². The Morgan fingerprint density at radius 3 is 2.79 bits per heavy atom. The van der Waals surface area contributed by atoms with E-state index < -0.39 is 0 Å². The van der Waals surface area contributed by atoms with Gasteiger partial charge in [0.2, 0.25) is 0 Å². The molecule has 14 heavy (non-hydrogen) atoms. The van der Waals surface area contributed by atoms with Gasteiger partial charge in [0, 0.05) is 23.6 Å². The molecule has 0 saturated carbocycles. The summed E-state index contributed by atoms with van der Waals surface area (Å²) in [6, 6.07) is 3.61. The maximum atomic E-state index is 5.96. The highest BCUT2D eigenvalue weighted by atomic mass is 35.5. The topological polar surface area (TPSA) is 26.0 Å². The SMILES string of the molecule is Cc1cc(C#CCCCl)c(Cl)cc1N. The van der Waals surface area contributed by atoms with E-state index in [-0.39, 0.29) is 0 Å². The largest absolute Gasteiger partial charge is 0.398 e. The third-order valence-electron chi connectivity index (χ3n) is 1.80. The van der Waals surface area contributed by atoms with E-state index in [9.17, 15) is 0 Å². The van der Waals surface area contributed by atoms with Crippen LogP contribution in [-0.2, 0) is 0 Å². The molecule has 1 aromatic rings. The van der Waals surface area contributed by atoms with E-state index in [1.807, 2.05) is 13.0 Å². The number of benzene rings is 1. The Hall–Kier alpha value is -0.840.